The number of likely N-dealkylation sites (N-methyl/N-ethyl adjacent to an activating group) is 1. The van der Waals surface area contributed by atoms with Gasteiger partial charge in [0.15, 0.2) is 5.96 Å². The van der Waals surface area contributed by atoms with E-state index in [4.69, 9.17) is 0 Å². The Labute approximate surface area is 143 Å². The molecule has 0 aromatic heterocycles. The number of benzene rings is 1. The van der Waals surface area contributed by atoms with Gasteiger partial charge < -0.3 is 15.1 Å². The number of carbonyl (C=O) groups excluding carboxylic acids is 1. The van der Waals surface area contributed by atoms with Crippen LogP contribution >= 0.6 is 0 Å². The van der Waals surface area contributed by atoms with E-state index in [1.807, 2.05) is 11.9 Å². The molecule has 1 aromatic carbocycles. The number of rotatable bonds is 5. The maximum absolute atomic E-state index is 13.0. The van der Waals surface area contributed by atoms with Gasteiger partial charge in [-0.1, -0.05) is 25.0 Å². The van der Waals surface area contributed by atoms with Crippen LogP contribution in [0.2, 0.25) is 0 Å². The third-order valence-electron chi connectivity index (χ3n) is 4.25. The van der Waals surface area contributed by atoms with Crippen LogP contribution in [0.5, 0.6) is 0 Å². The van der Waals surface area contributed by atoms with Crippen molar-refractivity contribution in [2.75, 3.05) is 27.7 Å². The molecule has 0 radical (unpaired) electrons. The lowest BCUT2D eigenvalue weighted by atomic mass is 10.2. The summed E-state index contributed by atoms with van der Waals surface area (Å²) in [6, 6.07) is 6.86. The summed E-state index contributed by atoms with van der Waals surface area (Å²) in [4.78, 5) is 19.8. The van der Waals surface area contributed by atoms with E-state index in [2.05, 4.69) is 10.3 Å². The van der Waals surface area contributed by atoms with Crippen LogP contribution in [0.15, 0.2) is 29.3 Å². The Hall–Kier alpha value is -2.11. The molecule has 1 fully saturated rings. The fourth-order valence-electron chi connectivity index (χ4n) is 2.75. The first kappa shape index (κ1) is 18.2. The van der Waals surface area contributed by atoms with Crippen LogP contribution in [0.3, 0.4) is 0 Å². The van der Waals surface area contributed by atoms with Crippen molar-refractivity contribution in [3.8, 4) is 0 Å². The first-order valence-electron chi connectivity index (χ1n) is 8.42. The second kappa shape index (κ2) is 8.66. The maximum Gasteiger partial charge on any atom is 0.243 e. The van der Waals surface area contributed by atoms with Crippen LogP contribution in [-0.4, -0.2) is 55.4 Å². The van der Waals surface area contributed by atoms with E-state index >= 15 is 0 Å². The molecular weight excluding hydrogens is 307 g/mol. The standard InChI is InChI=1S/C18H27FN4O/c1-22(2)17(24)12-20-18(21-16-6-4-5-7-16)23(3)13-14-8-10-15(19)11-9-14/h8-11,16H,4-7,12-13H2,1-3H3,(H,20,21). The van der Waals surface area contributed by atoms with Crippen molar-refractivity contribution < 1.29 is 9.18 Å². The van der Waals surface area contributed by atoms with Gasteiger partial charge in [0.2, 0.25) is 5.91 Å². The molecule has 1 N–H and O–H groups in total. The lowest BCUT2D eigenvalue weighted by Gasteiger charge is -2.25. The smallest absolute Gasteiger partial charge is 0.243 e. The number of hydrogen-bond donors (Lipinski definition) is 1. The first-order valence-corrected chi connectivity index (χ1v) is 8.42. The summed E-state index contributed by atoms with van der Waals surface area (Å²) in [5.41, 5.74) is 0.999. The average molecular weight is 334 g/mol. The molecule has 0 atom stereocenters. The van der Waals surface area contributed by atoms with Crippen molar-refractivity contribution >= 4 is 11.9 Å². The van der Waals surface area contributed by atoms with Gasteiger partial charge in [-0.25, -0.2) is 9.38 Å². The SMILES string of the molecule is CN(C)C(=O)CN=C(NC1CCCC1)N(C)Cc1ccc(F)cc1. The van der Waals surface area contributed by atoms with Gasteiger partial charge in [0, 0.05) is 33.7 Å². The summed E-state index contributed by atoms with van der Waals surface area (Å²) in [6.45, 7) is 0.727. The Kier molecular flexibility index (Phi) is 6.58. The van der Waals surface area contributed by atoms with Gasteiger partial charge in [0.1, 0.15) is 12.4 Å². The van der Waals surface area contributed by atoms with Crippen molar-refractivity contribution in [3.05, 3.63) is 35.6 Å². The minimum atomic E-state index is -0.240. The number of nitrogens with one attached hydrogen (secondary N) is 1. The van der Waals surface area contributed by atoms with E-state index < -0.39 is 0 Å². The highest BCUT2D eigenvalue weighted by Crippen LogP contribution is 2.18. The molecule has 1 aliphatic rings. The lowest BCUT2D eigenvalue weighted by Crippen LogP contribution is -2.43. The van der Waals surface area contributed by atoms with Gasteiger partial charge in [0.05, 0.1) is 0 Å². The van der Waals surface area contributed by atoms with Gasteiger partial charge in [-0.15, -0.1) is 0 Å². The zero-order valence-corrected chi connectivity index (χ0v) is 14.8. The van der Waals surface area contributed by atoms with Crippen LogP contribution in [0, 0.1) is 5.82 Å². The van der Waals surface area contributed by atoms with Gasteiger partial charge in [-0.3, -0.25) is 4.79 Å². The quantitative estimate of drug-likeness (QED) is 0.664. The number of guanidine groups is 1. The van der Waals surface area contributed by atoms with Gasteiger partial charge in [-0.2, -0.15) is 0 Å². The van der Waals surface area contributed by atoms with Crippen LogP contribution < -0.4 is 5.32 Å². The second-order valence-corrected chi connectivity index (χ2v) is 6.54. The average Bonchev–Trinajstić information content (AvgIpc) is 3.06. The molecular formula is C18H27FN4O. The van der Waals surface area contributed by atoms with Crippen LogP contribution in [-0.2, 0) is 11.3 Å². The molecule has 24 heavy (non-hydrogen) atoms. The van der Waals surface area contributed by atoms with Crippen LogP contribution in [0.1, 0.15) is 31.2 Å². The minimum absolute atomic E-state index is 0.0316. The molecule has 1 aliphatic carbocycles. The van der Waals surface area contributed by atoms with E-state index in [9.17, 15) is 9.18 Å². The summed E-state index contributed by atoms with van der Waals surface area (Å²) < 4.78 is 13.0. The van der Waals surface area contributed by atoms with E-state index in [0.29, 0.717) is 12.6 Å². The predicted molar refractivity (Wildman–Crippen MR) is 94.3 cm³/mol. The Bertz CT molecular complexity index is 565. The molecule has 0 unspecified atom stereocenters. The molecule has 0 saturated heterocycles. The molecule has 1 amide bonds. The van der Waals surface area contributed by atoms with E-state index in [-0.39, 0.29) is 18.3 Å². The van der Waals surface area contributed by atoms with Crippen molar-refractivity contribution in [2.45, 2.75) is 38.3 Å². The zero-order valence-electron chi connectivity index (χ0n) is 14.8. The summed E-state index contributed by atoms with van der Waals surface area (Å²) >= 11 is 0. The summed E-state index contributed by atoms with van der Waals surface area (Å²) in [7, 11) is 5.39. The zero-order chi connectivity index (χ0) is 17.5. The molecule has 132 valence electrons. The number of nitrogens with zero attached hydrogens (tertiary/aromatic N) is 3. The maximum atomic E-state index is 13.0. The Morgan fingerprint density at radius 1 is 1.21 bits per heavy atom. The fourth-order valence-corrected chi connectivity index (χ4v) is 2.75. The Balaban J connectivity index is 2.05. The predicted octanol–water partition coefficient (Wildman–Crippen LogP) is 2.23. The molecule has 0 aliphatic heterocycles. The minimum Gasteiger partial charge on any atom is -0.353 e. The fraction of sp³-hybridized carbons (Fsp3) is 0.556. The van der Waals surface area contributed by atoms with Crippen molar-refractivity contribution in [1.82, 2.24) is 15.1 Å². The van der Waals surface area contributed by atoms with E-state index in [0.717, 1.165) is 24.4 Å². The highest BCUT2D eigenvalue weighted by Gasteiger charge is 2.18. The molecule has 0 heterocycles. The van der Waals surface area contributed by atoms with Crippen molar-refractivity contribution in [1.29, 1.82) is 0 Å². The normalized spacial score (nSPS) is 15.4. The first-order chi connectivity index (χ1) is 11.5. The summed E-state index contributed by atoms with van der Waals surface area (Å²) in [5.74, 6) is 0.452. The third-order valence-corrected chi connectivity index (χ3v) is 4.25. The molecule has 1 saturated carbocycles. The largest absolute Gasteiger partial charge is 0.353 e. The molecule has 2 rings (SSSR count). The monoisotopic (exact) mass is 334 g/mol. The van der Waals surface area contributed by atoms with Crippen LogP contribution in [0.25, 0.3) is 0 Å². The number of amides is 1. The third kappa shape index (κ3) is 5.51. The molecule has 0 bridgehead atoms. The van der Waals surface area contributed by atoms with Gasteiger partial charge in [0.25, 0.3) is 0 Å². The van der Waals surface area contributed by atoms with Crippen molar-refractivity contribution in [3.63, 3.8) is 0 Å². The van der Waals surface area contributed by atoms with Crippen molar-refractivity contribution in [2.24, 2.45) is 4.99 Å². The number of halogens is 1. The van der Waals surface area contributed by atoms with E-state index in [1.165, 1.54) is 29.9 Å². The molecule has 6 heteroatoms. The number of carbonyl (C=O) groups is 1. The topological polar surface area (TPSA) is 47.9 Å². The lowest BCUT2D eigenvalue weighted by molar-refractivity contribution is -0.127. The van der Waals surface area contributed by atoms with E-state index in [1.54, 1.807) is 26.2 Å². The van der Waals surface area contributed by atoms with Gasteiger partial charge in [-0.05, 0) is 30.5 Å². The number of hydrogen-bond acceptors (Lipinski definition) is 2. The molecule has 5 nitrogen and oxygen atoms in total. The molecule has 0 spiro atoms. The van der Waals surface area contributed by atoms with Crippen LogP contribution in [0.4, 0.5) is 4.39 Å². The number of aliphatic imine (C=N–C) groups is 1. The second-order valence-electron chi connectivity index (χ2n) is 6.54. The summed E-state index contributed by atoms with van der Waals surface area (Å²) in [6.07, 6.45) is 4.71. The van der Waals surface area contributed by atoms with Gasteiger partial charge >= 0.3 is 0 Å². The Morgan fingerprint density at radius 2 is 1.83 bits per heavy atom. The summed E-state index contributed by atoms with van der Waals surface area (Å²) in [5, 5.41) is 3.47. The Morgan fingerprint density at radius 3 is 2.42 bits per heavy atom. The highest BCUT2D eigenvalue weighted by atomic mass is 19.1. The highest BCUT2D eigenvalue weighted by molar-refractivity contribution is 5.84. The molecule has 1 aromatic rings.